The van der Waals surface area contributed by atoms with Gasteiger partial charge in [0, 0.05) is 41.9 Å². The molecule has 0 saturated carbocycles. The first-order valence-electron chi connectivity index (χ1n) is 11.5. The van der Waals surface area contributed by atoms with Gasteiger partial charge in [-0.05, 0) is 30.3 Å². The molecule has 2 N–H and O–H groups in total. The number of benzene rings is 2. The van der Waals surface area contributed by atoms with Gasteiger partial charge in [-0.15, -0.1) is 10.2 Å². The molecule has 0 unspecified atom stereocenters. The second-order valence-electron chi connectivity index (χ2n) is 8.06. The maximum absolute atomic E-state index is 14.6. The minimum Gasteiger partial charge on any atom is -0.416 e. The van der Waals surface area contributed by atoms with Crippen molar-refractivity contribution in [3.63, 3.8) is 0 Å². The summed E-state index contributed by atoms with van der Waals surface area (Å²) >= 11 is 0. The topological polar surface area (TPSA) is 135 Å². The molecule has 4 aromatic rings. The second kappa shape index (κ2) is 10.7. The van der Waals surface area contributed by atoms with Gasteiger partial charge in [0.25, 0.3) is 5.95 Å². The number of aromatic nitrogens is 4. The van der Waals surface area contributed by atoms with E-state index in [1.54, 1.807) is 36.4 Å². The van der Waals surface area contributed by atoms with E-state index in [2.05, 4.69) is 35.8 Å². The number of nitrogens with one attached hydrogen (secondary N) is 2. The summed E-state index contributed by atoms with van der Waals surface area (Å²) in [6, 6.07) is 16.3. The predicted molar refractivity (Wildman–Crippen MR) is 138 cm³/mol. The van der Waals surface area contributed by atoms with Crippen LogP contribution in [0.2, 0.25) is 0 Å². The molecule has 2 aromatic carbocycles. The van der Waals surface area contributed by atoms with Crippen LogP contribution in [-0.2, 0) is 9.59 Å². The lowest BCUT2D eigenvalue weighted by Crippen LogP contribution is -2.22. The fraction of sp³-hybridized carbons (Fsp3) is 0.0741. The molecule has 1 aliphatic rings. The van der Waals surface area contributed by atoms with Crippen LogP contribution in [0.5, 0.6) is 0 Å². The predicted octanol–water partition coefficient (Wildman–Crippen LogP) is 4.35. The highest BCUT2D eigenvalue weighted by atomic mass is 19.1. The zero-order chi connectivity index (χ0) is 26.5. The first kappa shape index (κ1) is 24.4. The zero-order valence-corrected chi connectivity index (χ0v) is 20.1. The van der Waals surface area contributed by atoms with Gasteiger partial charge in [0.2, 0.25) is 23.5 Å². The number of allylic oxidation sites excluding steroid dienone is 3. The maximum atomic E-state index is 14.6. The van der Waals surface area contributed by atoms with E-state index in [0.29, 0.717) is 23.0 Å². The van der Waals surface area contributed by atoms with E-state index in [9.17, 15) is 14.0 Å². The number of carbonyl (C=O) groups excluding carboxylic acids is 2. The van der Waals surface area contributed by atoms with E-state index in [1.807, 2.05) is 30.3 Å². The Morgan fingerprint density at radius 1 is 1.08 bits per heavy atom. The zero-order valence-electron chi connectivity index (χ0n) is 20.1. The summed E-state index contributed by atoms with van der Waals surface area (Å²) in [5, 5.41) is 13.5. The van der Waals surface area contributed by atoms with Gasteiger partial charge in [0.05, 0.1) is 11.9 Å². The molecule has 0 radical (unpaired) electrons. The molecular formula is C27H20FN7O3. The first-order valence-corrected chi connectivity index (χ1v) is 11.5. The largest absolute Gasteiger partial charge is 0.416 e. The molecule has 188 valence electrons. The molecule has 11 heteroatoms. The van der Waals surface area contributed by atoms with Gasteiger partial charge in [0.1, 0.15) is 0 Å². The fourth-order valence-corrected chi connectivity index (χ4v) is 3.58. The molecule has 0 fully saturated rings. The highest BCUT2D eigenvalue weighted by Crippen LogP contribution is 2.27. The number of nitrogens with zero attached hydrogens (tertiary/aromatic N) is 5. The van der Waals surface area contributed by atoms with Gasteiger partial charge in [-0.3, -0.25) is 9.59 Å². The Hall–Kier alpha value is -5.32. The molecule has 10 nitrogen and oxygen atoms in total. The molecule has 0 saturated heterocycles. The Bertz CT molecular complexity index is 1610. The summed E-state index contributed by atoms with van der Waals surface area (Å²) < 4.78 is 20.4. The summed E-state index contributed by atoms with van der Waals surface area (Å²) in [5.74, 6) is -1.11. The van der Waals surface area contributed by atoms with Crippen molar-refractivity contribution < 1.29 is 18.4 Å². The van der Waals surface area contributed by atoms with Crippen LogP contribution in [-0.4, -0.2) is 44.6 Å². The lowest BCUT2D eigenvalue weighted by Gasteiger charge is -2.10. The third-order valence-electron chi connectivity index (χ3n) is 5.45. The first-order chi connectivity index (χ1) is 18.5. The van der Waals surface area contributed by atoms with Gasteiger partial charge < -0.3 is 15.1 Å². The molecule has 38 heavy (non-hydrogen) atoms. The number of aliphatic imine (C=N–C) groups is 1. The highest BCUT2D eigenvalue weighted by Gasteiger charge is 2.20. The Morgan fingerprint density at radius 3 is 2.63 bits per heavy atom. The van der Waals surface area contributed by atoms with Crippen LogP contribution in [0.25, 0.3) is 22.9 Å². The van der Waals surface area contributed by atoms with E-state index in [0.717, 1.165) is 11.8 Å². The Kier molecular flexibility index (Phi) is 6.89. The Labute approximate surface area is 216 Å². The van der Waals surface area contributed by atoms with Crippen molar-refractivity contribution in [2.45, 2.75) is 6.42 Å². The third kappa shape index (κ3) is 5.41. The van der Waals surface area contributed by atoms with Crippen LogP contribution >= 0.6 is 0 Å². The van der Waals surface area contributed by atoms with E-state index < -0.39 is 17.5 Å². The van der Waals surface area contributed by atoms with Gasteiger partial charge >= 0.3 is 0 Å². The number of Topliss-reactive ketones (excluding diaryl/α,β-unsaturated/α-hetero) is 1. The molecule has 1 amide bonds. The van der Waals surface area contributed by atoms with E-state index in [-0.39, 0.29) is 29.5 Å². The summed E-state index contributed by atoms with van der Waals surface area (Å²) in [5.41, 5.74) is 2.23. The number of ketones is 1. The van der Waals surface area contributed by atoms with Crippen LogP contribution in [0.1, 0.15) is 6.42 Å². The summed E-state index contributed by atoms with van der Waals surface area (Å²) in [6.45, 7) is 0. The lowest BCUT2D eigenvalue weighted by atomic mass is 9.98. The van der Waals surface area contributed by atoms with E-state index in [4.69, 9.17) is 4.42 Å². The summed E-state index contributed by atoms with van der Waals surface area (Å²) in [6.07, 6.45) is 5.63. The molecule has 0 atom stereocenters. The van der Waals surface area contributed by atoms with Gasteiger partial charge in [-0.2, -0.15) is 4.98 Å². The molecule has 1 aliphatic carbocycles. The average Bonchev–Trinajstić information content (AvgIpc) is 3.44. The summed E-state index contributed by atoms with van der Waals surface area (Å²) in [7, 11) is 1.46. The SMILES string of the molecule is CNC(=O)C=C1C=CCC(=Nc2ncc(F)c(Nc3cccc(-c4nnc(-c5ccccc5)o4)c3)n2)C1=O. The van der Waals surface area contributed by atoms with Crippen molar-refractivity contribution in [3.8, 4) is 22.9 Å². The number of hydrogen-bond donors (Lipinski definition) is 2. The van der Waals surface area contributed by atoms with Gasteiger partial charge in [0.15, 0.2) is 11.6 Å². The molecule has 5 rings (SSSR count). The molecular weight excluding hydrogens is 489 g/mol. The van der Waals surface area contributed by atoms with Crippen LogP contribution in [0.4, 0.5) is 21.8 Å². The van der Waals surface area contributed by atoms with Crippen LogP contribution in [0.15, 0.2) is 94.0 Å². The van der Waals surface area contributed by atoms with Gasteiger partial charge in [-0.1, -0.05) is 36.4 Å². The van der Waals surface area contributed by atoms with Crippen molar-refractivity contribution in [1.29, 1.82) is 0 Å². The number of hydrogen-bond acceptors (Lipinski definition) is 9. The number of anilines is 2. The number of halogens is 1. The van der Waals surface area contributed by atoms with Crippen molar-refractivity contribution in [2.24, 2.45) is 4.99 Å². The molecule has 0 aliphatic heterocycles. The van der Waals surface area contributed by atoms with Crippen LogP contribution < -0.4 is 10.6 Å². The molecule has 2 heterocycles. The van der Waals surface area contributed by atoms with Gasteiger partial charge in [-0.25, -0.2) is 14.4 Å². The van der Waals surface area contributed by atoms with Crippen LogP contribution in [0.3, 0.4) is 0 Å². The quantitative estimate of drug-likeness (QED) is 0.366. The lowest BCUT2D eigenvalue weighted by molar-refractivity contribution is -0.116. The Morgan fingerprint density at radius 2 is 1.84 bits per heavy atom. The normalized spacial score (nSPS) is 15.2. The second-order valence-corrected chi connectivity index (χ2v) is 8.06. The number of rotatable bonds is 6. The molecule has 2 aromatic heterocycles. The molecule has 0 bridgehead atoms. The number of amides is 1. The summed E-state index contributed by atoms with van der Waals surface area (Å²) in [4.78, 5) is 36.5. The average molecular weight is 510 g/mol. The molecule has 0 spiro atoms. The standard InChI is InChI=1S/C27H20FN7O3/c1-29-22(36)14-17-9-6-12-21(23(17)37)32-27-30-15-20(28)24(33-27)31-19-11-5-10-18(13-19)26-35-34-25(38-26)16-7-3-2-4-8-16/h2-11,13-15H,12H2,1H3,(H,29,36)(H,30,31,33). The van der Waals surface area contributed by atoms with Crippen LogP contribution in [0, 0.1) is 5.82 Å². The highest BCUT2D eigenvalue weighted by molar-refractivity contribution is 6.48. The van der Waals surface area contributed by atoms with Crippen molar-refractivity contribution in [3.05, 3.63) is 90.4 Å². The minimum atomic E-state index is -0.710. The van der Waals surface area contributed by atoms with Crippen molar-refractivity contribution in [1.82, 2.24) is 25.5 Å². The smallest absolute Gasteiger partial charge is 0.251 e. The maximum Gasteiger partial charge on any atom is 0.251 e. The van der Waals surface area contributed by atoms with E-state index in [1.165, 1.54) is 13.1 Å². The van der Waals surface area contributed by atoms with Crippen molar-refractivity contribution >= 4 is 34.9 Å². The monoisotopic (exact) mass is 509 g/mol. The van der Waals surface area contributed by atoms with E-state index >= 15 is 0 Å². The number of likely N-dealkylation sites (N-methyl/N-ethyl adjacent to an activating group) is 1. The Balaban J connectivity index is 1.37. The van der Waals surface area contributed by atoms with Crippen molar-refractivity contribution in [2.75, 3.05) is 12.4 Å². The minimum absolute atomic E-state index is 0.104. The third-order valence-corrected chi connectivity index (χ3v) is 5.45. The number of carbonyl (C=O) groups is 2. The fourth-order valence-electron chi connectivity index (χ4n) is 3.58.